The van der Waals surface area contributed by atoms with Crippen LogP contribution in [0.25, 0.3) is 22.4 Å². The van der Waals surface area contributed by atoms with Crippen molar-refractivity contribution in [1.82, 2.24) is 9.55 Å². The molecule has 0 spiro atoms. The van der Waals surface area contributed by atoms with Crippen molar-refractivity contribution in [2.75, 3.05) is 5.32 Å². The molecule has 4 heteroatoms. The second-order valence-electron chi connectivity index (χ2n) is 5.33. The summed E-state index contributed by atoms with van der Waals surface area (Å²) in [6.07, 6.45) is 1.05. The van der Waals surface area contributed by atoms with Crippen LogP contribution in [-0.2, 0) is 11.3 Å². The van der Waals surface area contributed by atoms with Crippen LogP contribution in [-0.4, -0.2) is 15.5 Å². The van der Waals surface area contributed by atoms with E-state index in [2.05, 4.69) is 22.9 Å². The van der Waals surface area contributed by atoms with Crippen LogP contribution in [0.5, 0.6) is 0 Å². The van der Waals surface area contributed by atoms with E-state index in [4.69, 9.17) is 4.98 Å². The van der Waals surface area contributed by atoms with Gasteiger partial charge in [0.1, 0.15) is 5.82 Å². The maximum absolute atomic E-state index is 11.1. The lowest BCUT2D eigenvalue weighted by molar-refractivity contribution is -0.114. The van der Waals surface area contributed by atoms with Crippen molar-refractivity contribution in [3.8, 4) is 11.4 Å². The fourth-order valence-electron chi connectivity index (χ4n) is 2.65. The summed E-state index contributed by atoms with van der Waals surface area (Å²) in [5.74, 6) is 0.906. The monoisotopic (exact) mass is 293 g/mol. The van der Waals surface area contributed by atoms with Crippen molar-refractivity contribution in [2.24, 2.45) is 0 Å². The fraction of sp³-hybridized carbons (Fsp3) is 0.222. The molecule has 0 aliphatic carbocycles. The maximum atomic E-state index is 11.1. The first-order valence-corrected chi connectivity index (χ1v) is 7.52. The minimum Gasteiger partial charge on any atom is -0.326 e. The van der Waals surface area contributed by atoms with E-state index in [0.29, 0.717) is 0 Å². The van der Waals surface area contributed by atoms with Gasteiger partial charge in [-0.2, -0.15) is 0 Å². The number of hydrogen-bond donors (Lipinski definition) is 1. The van der Waals surface area contributed by atoms with Gasteiger partial charge in [0.2, 0.25) is 5.91 Å². The van der Waals surface area contributed by atoms with Gasteiger partial charge in [0, 0.05) is 24.7 Å². The number of aromatic nitrogens is 2. The number of nitrogens with one attached hydrogen (secondary N) is 1. The Hall–Kier alpha value is -2.62. The molecule has 0 fully saturated rings. The highest BCUT2D eigenvalue weighted by Gasteiger charge is 2.11. The van der Waals surface area contributed by atoms with E-state index < -0.39 is 0 Å². The molecule has 0 saturated heterocycles. The number of hydrogen-bond acceptors (Lipinski definition) is 2. The van der Waals surface area contributed by atoms with Crippen molar-refractivity contribution in [1.29, 1.82) is 0 Å². The first-order valence-electron chi connectivity index (χ1n) is 7.52. The first-order chi connectivity index (χ1) is 10.7. The Morgan fingerprint density at radius 3 is 2.55 bits per heavy atom. The quantitative estimate of drug-likeness (QED) is 0.788. The van der Waals surface area contributed by atoms with E-state index in [1.54, 1.807) is 0 Å². The lowest BCUT2D eigenvalue weighted by atomic mass is 10.2. The summed E-state index contributed by atoms with van der Waals surface area (Å²) in [6.45, 7) is 4.61. The van der Waals surface area contributed by atoms with E-state index in [9.17, 15) is 4.79 Å². The van der Waals surface area contributed by atoms with Crippen molar-refractivity contribution in [3.63, 3.8) is 0 Å². The van der Waals surface area contributed by atoms with Gasteiger partial charge in [-0.15, -0.1) is 0 Å². The molecule has 0 radical (unpaired) electrons. The molecule has 112 valence electrons. The normalized spacial score (nSPS) is 10.8. The van der Waals surface area contributed by atoms with Crippen LogP contribution in [0.3, 0.4) is 0 Å². The number of anilines is 1. The summed E-state index contributed by atoms with van der Waals surface area (Å²) < 4.78 is 2.25. The standard InChI is InChI=1S/C18H19N3O/c1-3-12-21-17-7-5-4-6-16(17)20-18(21)14-8-10-15(11-9-14)19-13(2)22/h4-11H,3,12H2,1-2H3,(H,19,22). The van der Waals surface area contributed by atoms with E-state index >= 15 is 0 Å². The Kier molecular flexibility index (Phi) is 3.92. The molecule has 0 atom stereocenters. The molecule has 4 nitrogen and oxygen atoms in total. The van der Waals surface area contributed by atoms with Gasteiger partial charge in [-0.25, -0.2) is 4.98 Å². The molecule has 1 aromatic heterocycles. The lowest BCUT2D eigenvalue weighted by Crippen LogP contribution is -2.05. The molecule has 0 saturated carbocycles. The molecule has 1 N–H and O–H groups in total. The number of aryl methyl sites for hydroxylation is 1. The van der Waals surface area contributed by atoms with Gasteiger partial charge in [0.15, 0.2) is 0 Å². The average molecular weight is 293 g/mol. The van der Waals surface area contributed by atoms with Crippen molar-refractivity contribution < 1.29 is 4.79 Å². The molecule has 0 unspecified atom stereocenters. The molecule has 0 aliphatic heterocycles. The number of carbonyl (C=O) groups excluding carboxylic acids is 1. The number of carbonyl (C=O) groups is 1. The second-order valence-corrected chi connectivity index (χ2v) is 5.33. The third kappa shape index (κ3) is 2.72. The second kappa shape index (κ2) is 6.02. The van der Waals surface area contributed by atoms with E-state index in [-0.39, 0.29) is 5.91 Å². The van der Waals surface area contributed by atoms with Crippen LogP contribution in [0.1, 0.15) is 20.3 Å². The van der Waals surface area contributed by atoms with Gasteiger partial charge in [-0.1, -0.05) is 19.1 Å². The molecular formula is C18H19N3O. The maximum Gasteiger partial charge on any atom is 0.221 e. The Labute approximate surface area is 129 Å². The SMILES string of the molecule is CCCn1c(-c2ccc(NC(C)=O)cc2)nc2ccccc21. The van der Waals surface area contributed by atoms with Crippen LogP contribution in [0.2, 0.25) is 0 Å². The van der Waals surface area contributed by atoms with Gasteiger partial charge in [-0.3, -0.25) is 4.79 Å². The predicted octanol–water partition coefficient (Wildman–Crippen LogP) is 4.07. The van der Waals surface area contributed by atoms with Crippen molar-refractivity contribution in [2.45, 2.75) is 26.8 Å². The van der Waals surface area contributed by atoms with Gasteiger partial charge < -0.3 is 9.88 Å². The molecule has 1 amide bonds. The summed E-state index contributed by atoms with van der Waals surface area (Å²) in [6, 6.07) is 16.0. The van der Waals surface area contributed by atoms with Crippen LogP contribution in [0, 0.1) is 0 Å². The van der Waals surface area contributed by atoms with Gasteiger partial charge >= 0.3 is 0 Å². The molecular weight excluding hydrogens is 274 g/mol. The van der Waals surface area contributed by atoms with Crippen LogP contribution in [0.15, 0.2) is 48.5 Å². The van der Waals surface area contributed by atoms with E-state index in [1.165, 1.54) is 6.92 Å². The Morgan fingerprint density at radius 1 is 1.14 bits per heavy atom. The number of amides is 1. The summed E-state index contributed by atoms with van der Waals surface area (Å²) in [7, 11) is 0. The van der Waals surface area contributed by atoms with E-state index in [0.717, 1.165) is 41.1 Å². The molecule has 0 aliphatic rings. The minimum atomic E-state index is -0.0639. The zero-order valence-corrected chi connectivity index (χ0v) is 12.8. The number of rotatable bonds is 4. The Balaban J connectivity index is 2.05. The van der Waals surface area contributed by atoms with Crippen molar-refractivity contribution in [3.05, 3.63) is 48.5 Å². The topological polar surface area (TPSA) is 46.9 Å². The Bertz CT molecular complexity index is 803. The third-order valence-corrected chi connectivity index (χ3v) is 3.57. The molecule has 22 heavy (non-hydrogen) atoms. The number of imidazole rings is 1. The highest BCUT2D eigenvalue weighted by atomic mass is 16.1. The molecule has 1 heterocycles. The summed E-state index contributed by atoms with van der Waals surface area (Å²) in [5, 5.41) is 2.78. The highest BCUT2D eigenvalue weighted by Crippen LogP contribution is 2.26. The van der Waals surface area contributed by atoms with Crippen LogP contribution < -0.4 is 5.32 Å². The zero-order valence-electron chi connectivity index (χ0n) is 12.8. The van der Waals surface area contributed by atoms with Gasteiger partial charge in [0.05, 0.1) is 11.0 Å². The molecule has 0 bridgehead atoms. The molecule has 2 aromatic carbocycles. The summed E-state index contributed by atoms with van der Waals surface area (Å²) >= 11 is 0. The fourth-order valence-corrected chi connectivity index (χ4v) is 2.65. The highest BCUT2D eigenvalue weighted by molar-refractivity contribution is 5.89. The van der Waals surface area contributed by atoms with Gasteiger partial charge in [-0.05, 0) is 42.8 Å². The Morgan fingerprint density at radius 2 is 1.86 bits per heavy atom. The summed E-state index contributed by atoms with van der Waals surface area (Å²) in [4.78, 5) is 15.9. The minimum absolute atomic E-state index is 0.0639. The number of nitrogens with zero attached hydrogens (tertiary/aromatic N) is 2. The predicted molar refractivity (Wildman–Crippen MR) is 89.8 cm³/mol. The number of para-hydroxylation sites is 2. The zero-order chi connectivity index (χ0) is 15.5. The molecule has 3 rings (SSSR count). The largest absolute Gasteiger partial charge is 0.326 e. The van der Waals surface area contributed by atoms with Crippen LogP contribution >= 0.6 is 0 Å². The van der Waals surface area contributed by atoms with Crippen molar-refractivity contribution >= 4 is 22.6 Å². The van der Waals surface area contributed by atoms with Gasteiger partial charge in [0.25, 0.3) is 0 Å². The number of benzene rings is 2. The smallest absolute Gasteiger partial charge is 0.221 e. The lowest BCUT2D eigenvalue weighted by Gasteiger charge is -2.08. The third-order valence-electron chi connectivity index (χ3n) is 3.57. The first kappa shape index (κ1) is 14.3. The van der Waals surface area contributed by atoms with Crippen LogP contribution in [0.4, 0.5) is 5.69 Å². The average Bonchev–Trinajstić information content (AvgIpc) is 2.87. The van der Waals surface area contributed by atoms with E-state index in [1.807, 2.05) is 42.5 Å². The summed E-state index contributed by atoms with van der Waals surface area (Å²) in [5.41, 5.74) is 4.02. The molecule has 3 aromatic rings. The number of fused-ring (bicyclic) bond motifs is 1.